The van der Waals surface area contributed by atoms with Crippen LogP contribution in [0, 0.1) is 0 Å². The Balaban J connectivity index is 2.96. The number of rotatable bonds is 0. The van der Waals surface area contributed by atoms with Gasteiger partial charge in [0.2, 0.25) is 10.9 Å². The van der Waals surface area contributed by atoms with Gasteiger partial charge in [-0.3, -0.25) is 0 Å². The minimum atomic E-state index is -4.44. The normalized spacial score (nSPS) is 11.9. The van der Waals surface area contributed by atoms with Gasteiger partial charge in [-0.25, -0.2) is 0 Å². The van der Waals surface area contributed by atoms with E-state index in [0.29, 0.717) is 11.3 Å². The first-order chi connectivity index (χ1) is 4.50. The molecule has 1 aromatic heterocycles. The molecule has 0 aliphatic rings. The summed E-state index contributed by atoms with van der Waals surface area (Å²) in [6.45, 7) is 0. The molecule has 1 N–H and O–H groups in total. The van der Waals surface area contributed by atoms with E-state index >= 15 is 0 Å². The Morgan fingerprint density at radius 1 is 1.50 bits per heavy atom. The second kappa shape index (κ2) is 2.12. The molecule has 0 unspecified atom stereocenters. The Morgan fingerprint density at radius 2 is 2.10 bits per heavy atom. The van der Waals surface area contributed by atoms with E-state index in [4.69, 9.17) is 5.11 Å². The second-order valence-electron chi connectivity index (χ2n) is 1.51. The topological polar surface area (TPSA) is 33.1 Å². The number of nitrogens with zero attached hydrogens (tertiary/aromatic N) is 1. The summed E-state index contributed by atoms with van der Waals surface area (Å²) < 4.78 is 34.9. The predicted octanol–water partition coefficient (Wildman–Crippen LogP) is 1.87. The molecule has 0 atom stereocenters. The molecule has 0 aliphatic carbocycles. The molecule has 0 saturated carbocycles. The van der Waals surface area contributed by atoms with Gasteiger partial charge in [0.25, 0.3) is 0 Å². The van der Waals surface area contributed by atoms with Crippen LogP contribution in [0.1, 0.15) is 5.01 Å². The monoisotopic (exact) mass is 169 g/mol. The number of hydrogen-bond donors (Lipinski definition) is 1. The van der Waals surface area contributed by atoms with E-state index in [-0.39, 0.29) is 0 Å². The molecule has 56 valence electrons. The lowest BCUT2D eigenvalue weighted by atomic mass is 10.7. The van der Waals surface area contributed by atoms with Gasteiger partial charge in [0, 0.05) is 0 Å². The van der Waals surface area contributed by atoms with E-state index in [1.165, 1.54) is 0 Å². The van der Waals surface area contributed by atoms with Crippen LogP contribution in [0.15, 0.2) is 5.38 Å². The summed E-state index contributed by atoms with van der Waals surface area (Å²) in [5, 5.41) is 8.33. The first-order valence-electron chi connectivity index (χ1n) is 2.22. The fourth-order valence-electron chi connectivity index (χ4n) is 0.395. The number of hydrogen-bond acceptors (Lipinski definition) is 3. The van der Waals surface area contributed by atoms with Crippen LogP contribution in [0.4, 0.5) is 13.2 Å². The molecule has 2 nitrogen and oxygen atoms in total. The quantitative estimate of drug-likeness (QED) is 0.643. The third-order valence-corrected chi connectivity index (χ3v) is 1.61. The molecule has 1 heterocycles. The van der Waals surface area contributed by atoms with Gasteiger partial charge < -0.3 is 5.11 Å². The maximum atomic E-state index is 11.6. The van der Waals surface area contributed by atoms with Gasteiger partial charge in [0.05, 0.1) is 5.38 Å². The minimum absolute atomic E-state index is 0.370. The molecule has 0 aromatic carbocycles. The molecular formula is C4H2F3NOS. The van der Waals surface area contributed by atoms with E-state index in [1.807, 2.05) is 0 Å². The van der Waals surface area contributed by atoms with Gasteiger partial charge in [-0.15, -0.1) is 11.3 Å². The number of halogens is 3. The lowest BCUT2D eigenvalue weighted by molar-refractivity contribution is -0.137. The molecule has 0 spiro atoms. The maximum Gasteiger partial charge on any atom is 0.443 e. The average Bonchev–Trinajstić information content (AvgIpc) is 2.11. The third-order valence-electron chi connectivity index (χ3n) is 0.735. The summed E-state index contributed by atoms with van der Waals surface area (Å²) in [5.74, 6) is -0.586. The number of aromatic hydroxyl groups is 1. The van der Waals surface area contributed by atoms with Crippen molar-refractivity contribution in [1.29, 1.82) is 0 Å². The smallest absolute Gasteiger partial charge is 0.443 e. The summed E-state index contributed by atoms with van der Waals surface area (Å²) in [5.41, 5.74) is 0. The van der Waals surface area contributed by atoms with Crippen LogP contribution >= 0.6 is 11.3 Å². The molecular weight excluding hydrogens is 167 g/mol. The summed E-state index contributed by atoms with van der Waals surface area (Å²) in [7, 11) is 0. The number of aromatic nitrogens is 1. The molecule has 0 bridgehead atoms. The van der Waals surface area contributed by atoms with Crippen molar-refractivity contribution in [3.8, 4) is 5.88 Å². The molecule has 1 rings (SSSR count). The molecule has 0 saturated heterocycles. The van der Waals surface area contributed by atoms with Gasteiger partial charge in [0.15, 0.2) is 0 Å². The molecule has 10 heavy (non-hydrogen) atoms. The van der Waals surface area contributed by atoms with Crippen molar-refractivity contribution in [2.45, 2.75) is 6.18 Å². The molecule has 0 amide bonds. The van der Waals surface area contributed by atoms with Crippen LogP contribution in [0.5, 0.6) is 5.88 Å². The fraction of sp³-hybridized carbons (Fsp3) is 0.250. The van der Waals surface area contributed by atoms with Crippen molar-refractivity contribution in [2.24, 2.45) is 0 Å². The summed E-state index contributed by atoms with van der Waals surface area (Å²) in [4.78, 5) is 2.83. The zero-order valence-corrected chi connectivity index (χ0v) is 5.33. The summed E-state index contributed by atoms with van der Waals surface area (Å²) in [6.07, 6.45) is -4.44. The first kappa shape index (κ1) is 7.33. The highest BCUT2D eigenvalue weighted by molar-refractivity contribution is 7.09. The van der Waals surface area contributed by atoms with Crippen molar-refractivity contribution in [2.75, 3.05) is 0 Å². The van der Waals surface area contributed by atoms with Gasteiger partial charge >= 0.3 is 6.18 Å². The van der Waals surface area contributed by atoms with Crippen molar-refractivity contribution < 1.29 is 18.3 Å². The van der Waals surface area contributed by atoms with E-state index in [9.17, 15) is 13.2 Å². The summed E-state index contributed by atoms with van der Waals surface area (Å²) >= 11 is 0.370. The van der Waals surface area contributed by atoms with E-state index in [1.54, 1.807) is 0 Å². The lowest BCUT2D eigenvalue weighted by Crippen LogP contribution is -2.03. The SMILES string of the molecule is Oc1csc(C(F)(F)F)n1. The highest BCUT2D eigenvalue weighted by atomic mass is 32.1. The van der Waals surface area contributed by atoms with Gasteiger partial charge in [-0.1, -0.05) is 0 Å². The van der Waals surface area contributed by atoms with E-state index < -0.39 is 17.1 Å². The highest BCUT2D eigenvalue weighted by Gasteiger charge is 2.34. The number of thiazole rings is 1. The molecule has 1 aromatic rings. The molecule has 0 aliphatic heterocycles. The van der Waals surface area contributed by atoms with Crippen molar-refractivity contribution in [3.63, 3.8) is 0 Å². The van der Waals surface area contributed by atoms with E-state index in [2.05, 4.69) is 4.98 Å². The van der Waals surface area contributed by atoms with Gasteiger partial charge in [-0.05, 0) is 0 Å². The van der Waals surface area contributed by atoms with Crippen LogP contribution in [0.3, 0.4) is 0 Å². The zero-order chi connectivity index (χ0) is 7.78. The van der Waals surface area contributed by atoms with Crippen LogP contribution in [-0.4, -0.2) is 10.1 Å². The predicted molar refractivity (Wildman–Crippen MR) is 28.8 cm³/mol. The largest absolute Gasteiger partial charge is 0.493 e. The van der Waals surface area contributed by atoms with Crippen molar-refractivity contribution in [3.05, 3.63) is 10.4 Å². The zero-order valence-electron chi connectivity index (χ0n) is 4.51. The van der Waals surface area contributed by atoms with Crippen LogP contribution in [0.2, 0.25) is 0 Å². The van der Waals surface area contributed by atoms with E-state index in [0.717, 1.165) is 5.38 Å². The second-order valence-corrected chi connectivity index (χ2v) is 2.37. The number of alkyl halides is 3. The standard InChI is InChI=1S/C4H2F3NOS/c5-4(6,7)3-8-2(9)1-10-3/h1,9H. The van der Waals surface area contributed by atoms with Crippen molar-refractivity contribution >= 4 is 11.3 Å². The maximum absolute atomic E-state index is 11.6. The van der Waals surface area contributed by atoms with Gasteiger partial charge in [-0.2, -0.15) is 18.2 Å². The van der Waals surface area contributed by atoms with Crippen LogP contribution in [0.25, 0.3) is 0 Å². The Hall–Kier alpha value is -0.780. The molecule has 0 radical (unpaired) electrons. The molecule has 0 fully saturated rings. The lowest BCUT2D eigenvalue weighted by Gasteiger charge is -1.97. The Kier molecular flexibility index (Phi) is 1.55. The van der Waals surface area contributed by atoms with Gasteiger partial charge in [0.1, 0.15) is 0 Å². The first-order valence-corrected chi connectivity index (χ1v) is 3.10. The minimum Gasteiger partial charge on any atom is -0.493 e. The third kappa shape index (κ3) is 1.38. The fourth-order valence-corrected chi connectivity index (χ4v) is 0.945. The molecule has 6 heteroatoms. The average molecular weight is 169 g/mol. The van der Waals surface area contributed by atoms with Crippen molar-refractivity contribution in [1.82, 2.24) is 4.98 Å². The van der Waals surface area contributed by atoms with Crippen LogP contribution in [-0.2, 0) is 6.18 Å². The van der Waals surface area contributed by atoms with Crippen LogP contribution < -0.4 is 0 Å². The highest BCUT2D eigenvalue weighted by Crippen LogP contribution is 2.32. The Bertz CT molecular complexity index is 231. The Morgan fingerprint density at radius 3 is 2.30 bits per heavy atom. The Labute approximate surface area is 57.9 Å². The summed E-state index contributed by atoms with van der Waals surface area (Å²) in [6, 6.07) is 0.